The SMILES string of the molecule is C=CC1CCC(/C=C/C2CCC(c3ccc(-c4ccc(CCC)c(F)c4F)cc3)CC2)CC1. The van der Waals surface area contributed by atoms with Gasteiger partial charge in [0.25, 0.3) is 0 Å². The molecule has 0 spiro atoms. The molecule has 2 aliphatic carbocycles. The predicted octanol–water partition coefficient (Wildman–Crippen LogP) is 9.41. The van der Waals surface area contributed by atoms with Crippen molar-refractivity contribution in [2.75, 3.05) is 0 Å². The third kappa shape index (κ3) is 5.83. The number of benzene rings is 2. The molecule has 33 heavy (non-hydrogen) atoms. The minimum atomic E-state index is -0.723. The van der Waals surface area contributed by atoms with E-state index in [-0.39, 0.29) is 0 Å². The largest absolute Gasteiger partial charge is 0.203 e. The van der Waals surface area contributed by atoms with Crippen molar-refractivity contribution >= 4 is 0 Å². The summed E-state index contributed by atoms with van der Waals surface area (Å²) in [5.41, 5.74) is 2.90. The van der Waals surface area contributed by atoms with E-state index < -0.39 is 11.6 Å². The summed E-state index contributed by atoms with van der Waals surface area (Å²) in [6.45, 7) is 5.92. The highest BCUT2D eigenvalue weighted by atomic mass is 19.2. The Morgan fingerprint density at radius 3 is 1.91 bits per heavy atom. The van der Waals surface area contributed by atoms with Crippen LogP contribution in [0.5, 0.6) is 0 Å². The van der Waals surface area contributed by atoms with Gasteiger partial charge in [-0.1, -0.05) is 68.0 Å². The van der Waals surface area contributed by atoms with Crippen LogP contribution in [0.4, 0.5) is 8.78 Å². The van der Waals surface area contributed by atoms with Gasteiger partial charge in [-0.2, -0.15) is 0 Å². The molecule has 0 saturated heterocycles. The van der Waals surface area contributed by atoms with Crippen molar-refractivity contribution in [3.05, 3.63) is 84.0 Å². The summed E-state index contributed by atoms with van der Waals surface area (Å²) in [4.78, 5) is 0. The Morgan fingerprint density at radius 2 is 1.33 bits per heavy atom. The number of aryl methyl sites for hydroxylation is 1. The van der Waals surface area contributed by atoms with Crippen LogP contribution in [-0.4, -0.2) is 0 Å². The Labute approximate surface area is 198 Å². The first-order chi connectivity index (χ1) is 16.1. The number of rotatable bonds is 7. The molecular formula is C31H38F2. The monoisotopic (exact) mass is 448 g/mol. The zero-order valence-electron chi connectivity index (χ0n) is 20.0. The van der Waals surface area contributed by atoms with Gasteiger partial charge in [0, 0.05) is 5.56 Å². The lowest BCUT2D eigenvalue weighted by atomic mass is 9.77. The number of halogens is 2. The number of allylic oxidation sites excluding steroid dienone is 3. The molecule has 2 heteroatoms. The summed E-state index contributed by atoms with van der Waals surface area (Å²) in [6, 6.07) is 11.6. The normalized spacial score (nSPS) is 25.9. The molecule has 0 bridgehead atoms. The second-order valence-electron chi connectivity index (χ2n) is 10.2. The lowest BCUT2D eigenvalue weighted by molar-refractivity contribution is 0.349. The molecule has 0 atom stereocenters. The third-order valence-electron chi connectivity index (χ3n) is 7.95. The highest BCUT2D eigenvalue weighted by Gasteiger charge is 2.22. The zero-order chi connectivity index (χ0) is 23.2. The van der Waals surface area contributed by atoms with E-state index in [0.29, 0.717) is 29.4 Å². The Hall–Kier alpha value is -2.22. The first-order valence-corrected chi connectivity index (χ1v) is 13.0. The fourth-order valence-electron chi connectivity index (χ4n) is 5.74. The Kier molecular flexibility index (Phi) is 8.17. The first kappa shape index (κ1) is 23.9. The first-order valence-electron chi connectivity index (χ1n) is 13.0. The van der Waals surface area contributed by atoms with Gasteiger partial charge in [0.1, 0.15) is 0 Å². The van der Waals surface area contributed by atoms with Gasteiger partial charge in [-0.25, -0.2) is 8.78 Å². The van der Waals surface area contributed by atoms with Crippen molar-refractivity contribution in [1.29, 1.82) is 0 Å². The van der Waals surface area contributed by atoms with E-state index in [4.69, 9.17) is 0 Å². The molecule has 0 aliphatic heterocycles. The van der Waals surface area contributed by atoms with Gasteiger partial charge in [-0.3, -0.25) is 0 Å². The number of hydrogen-bond donors (Lipinski definition) is 0. The quantitative estimate of drug-likeness (QED) is 0.370. The van der Waals surface area contributed by atoms with Gasteiger partial charge >= 0.3 is 0 Å². The van der Waals surface area contributed by atoms with Crippen LogP contribution in [0.25, 0.3) is 11.1 Å². The molecule has 0 radical (unpaired) electrons. The summed E-state index contributed by atoms with van der Waals surface area (Å²) >= 11 is 0. The second-order valence-corrected chi connectivity index (χ2v) is 10.2. The molecular weight excluding hydrogens is 410 g/mol. The fourth-order valence-corrected chi connectivity index (χ4v) is 5.74. The van der Waals surface area contributed by atoms with Crippen LogP contribution < -0.4 is 0 Å². The highest BCUT2D eigenvalue weighted by Crippen LogP contribution is 2.38. The van der Waals surface area contributed by atoms with Crippen molar-refractivity contribution in [2.24, 2.45) is 17.8 Å². The molecule has 2 aliphatic rings. The average molecular weight is 449 g/mol. The summed E-state index contributed by atoms with van der Waals surface area (Å²) < 4.78 is 29.0. The lowest BCUT2D eigenvalue weighted by Gasteiger charge is -2.28. The van der Waals surface area contributed by atoms with Crippen LogP contribution in [-0.2, 0) is 6.42 Å². The molecule has 2 aromatic carbocycles. The lowest BCUT2D eigenvalue weighted by Crippen LogP contribution is -2.13. The topological polar surface area (TPSA) is 0 Å². The van der Waals surface area contributed by atoms with E-state index >= 15 is 0 Å². The molecule has 0 heterocycles. The molecule has 0 unspecified atom stereocenters. The van der Waals surface area contributed by atoms with Gasteiger partial charge in [-0.05, 0) is 98.1 Å². The average Bonchev–Trinajstić information content (AvgIpc) is 2.87. The number of hydrogen-bond acceptors (Lipinski definition) is 0. The predicted molar refractivity (Wildman–Crippen MR) is 135 cm³/mol. The molecule has 2 aromatic rings. The van der Waals surface area contributed by atoms with E-state index in [1.165, 1.54) is 56.9 Å². The molecule has 0 N–H and O–H groups in total. The van der Waals surface area contributed by atoms with Gasteiger partial charge in [0.05, 0.1) is 0 Å². The molecule has 2 saturated carbocycles. The summed E-state index contributed by atoms with van der Waals surface area (Å²) in [5.74, 6) is 1.34. The zero-order valence-corrected chi connectivity index (χ0v) is 20.0. The Bertz CT molecular complexity index is 940. The minimum Gasteiger partial charge on any atom is -0.203 e. The molecule has 2 fully saturated rings. The van der Waals surface area contributed by atoms with E-state index in [9.17, 15) is 8.78 Å². The fraction of sp³-hybridized carbons (Fsp3) is 0.484. The molecule has 0 amide bonds. The van der Waals surface area contributed by atoms with Crippen molar-refractivity contribution in [3.63, 3.8) is 0 Å². The third-order valence-corrected chi connectivity index (χ3v) is 7.95. The second kappa shape index (κ2) is 11.3. The molecule has 0 nitrogen and oxygen atoms in total. The van der Waals surface area contributed by atoms with E-state index in [0.717, 1.165) is 23.8 Å². The summed E-state index contributed by atoms with van der Waals surface area (Å²) in [6.07, 6.45) is 18.6. The van der Waals surface area contributed by atoms with E-state index in [1.807, 2.05) is 19.1 Å². The van der Waals surface area contributed by atoms with E-state index in [1.54, 1.807) is 12.1 Å². The Morgan fingerprint density at radius 1 is 0.758 bits per heavy atom. The molecule has 0 aromatic heterocycles. The van der Waals surface area contributed by atoms with Crippen LogP contribution >= 0.6 is 0 Å². The van der Waals surface area contributed by atoms with Gasteiger partial charge in [0.2, 0.25) is 0 Å². The van der Waals surface area contributed by atoms with Gasteiger partial charge < -0.3 is 0 Å². The summed E-state index contributed by atoms with van der Waals surface area (Å²) in [7, 11) is 0. The van der Waals surface area contributed by atoms with Crippen LogP contribution in [0.15, 0.2) is 61.2 Å². The maximum atomic E-state index is 14.6. The van der Waals surface area contributed by atoms with Crippen LogP contribution in [0.2, 0.25) is 0 Å². The van der Waals surface area contributed by atoms with Crippen LogP contribution in [0, 0.1) is 29.4 Å². The van der Waals surface area contributed by atoms with Crippen molar-refractivity contribution < 1.29 is 8.78 Å². The molecule has 176 valence electrons. The minimum absolute atomic E-state index is 0.356. The standard InChI is InChI=1S/C31H38F2/c1-3-5-28-20-21-29(31(33)30(28)32)27-18-16-26(17-19-27)25-14-12-24(13-15-25)11-10-23-8-6-22(4-2)7-9-23/h4,10-11,16-25H,2-3,5-9,12-15H2,1H3/b11-10+. The van der Waals surface area contributed by atoms with E-state index in [2.05, 4.69) is 36.9 Å². The van der Waals surface area contributed by atoms with Crippen LogP contribution in [0.1, 0.15) is 81.8 Å². The smallest absolute Gasteiger partial charge is 0.166 e. The maximum absolute atomic E-state index is 14.6. The summed E-state index contributed by atoms with van der Waals surface area (Å²) in [5, 5.41) is 0. The highest BCUT2D eigenvalue weighted by molar-refractivity contribution is 5.65. The van der Waals surface area contributed by atoms with Crippen molar-refractivity contribution in [3.8, 4) is 11.1 Å². The van der Waals surface area contributed by atoms with Crippen molar-refractivity contribution in [2.45, 2.75) is 77.0 Å². The van der Waals surface area contributed by atoms with Gasteiger partial charge in [0.15, 0.2) is 11.6 Å². The van der Waals surface area contributed by atoms with Crippen molar-refractivity contribution in [1.82, 2.24) is 0 Å². The Balaban J connectivity index is 1.32. The van der Waals surface area contributed by atoms with Gasteiger partial charge in [-0.15, -0.1) is 6.58 Å². The van der Waals surface area contributed by atoms with Crippen LogP contribution in [0.3, 0.4) is 0 Å². The molecule has 4 rings (SSSR count). The maximum Gasteiger partial charge on any atom is 0.166 e.